The van der Waals surface area contributed by atoms with Crippen LogP contribution in [-0.2, 0) is 13.0 Å². The molecular weight excluding hydrogens is 244 g/mol. The first-order valence-electron chi connectivity index (χ1n) is 6.22. The van der Waals surface area contributed by atoms with Crippen molar-refractivity contribution in [2.24, 2.45) is 0 Å². The number of para-hydroxylation sites is 1. The lowest BCUT2D eigenvalue weighted by Gasteiger charge is -2.20. The third-order valence-corrected chi connectivity index (χ3v) is 3.90. The van der Waals surface area contributed by atoms with Crippen molar-refractivity contribution >= 4 is 17.0 Å². The van der Waals surface area contributed by atoms with E-state index in [0.717, 1.165) is 35.1 Å². The molecule has 0 aliphatic carbocycles. The number of hydrogen-bond acceptors (Lipinski definition) is 4. The van der Waals surface area contributed by atoms with E-state index >= 15 is 0 Å². The minimum atomic E-state index is 0.544. The summed E-state index contributed by atoms with van der Waals surface area (Å²) in [4.78, 5) is 4.41. The Hall–Kier alpha value is -1.55. The maximum Gasteiger partial charge on any atom is 0.143 e. The number of rotatable bonds is 3. The number of benzene rings is 1. The van der Waals surface area contributed by atoms with Crippen molar-refractivity contribution in [2.75, 3.05) is 11.9 Å². The van der Waals surface area contributed by atoms with Gasteiger partial charge in [0.05, 0.1) is 16.4 Å². The van der Waals surface area contributed by atoms with Crippen molar-refractivity contribution in [3.8, 4) is 5.75 Å². The minimum absolute atomic E-state index is 0.544. The Morgan fingerprint density at radius 2 is 2.39 bits per heavy atom. The summed E-state index contributed by atoms with van der Waals surface area (Å²) in [5, 5.41) is 6.57. The molecule has 0 bridgehead atoms. The lowest BCUT2D eigenvalue weighted by atomic mass is 10.0. The largest absolute Gasteiger partial charge is 0.485 e. The maximum absolute atomic E-state index is 5.89. The molecule has 1 aliphatic heterocycles. The first-order valence-corrected chi connectivity index (χ1v) is 7.10. The van der Waals surface area contributed by atoms with Crippen LogP contribution in [0, 0.1) is 6.92 Å². The zero-order chi connectivity index (χ0) is 12.4. The van der Waals surface area contributed by atoms with E-state index in [1.165, 1.54) is 12.0 Å². The van der Waals surface area contributed by atoms with E-state index < -0.39 is 0 Å². The Balaban J connectivity index is 1.76. The molecule has 0 saturated carbocycles. The first-order chi connectivity index (χ1) is 8.83. The van der Waals surface area contributed by atoms with E-state index in [0.29, 0.717) is 6.61 Å². The van der Waals surface area contributed by atoms with E-state index in [1.54, 1.807) is 11.3 Å². The smallest absolute Gasteiger partial charge is 0.143 e. The van der Waals surface area contributed by atoms with Crippen molar-refractivity contribution in [3.63, 3.8) is 0 Å². The molecule has 1 N–H and O–H groups in total. The van der Waals surface area contributed by atoms with E-state index in [4.69, 9.17) is 4.74 Å². The summed E-state index contributed by atoms with van der Waals surface area (Å²) >= 11 is 1.66. The van der Waals surface area contributed by atoms with Crippen LogP contribution in [0.1, 0.15) is 22.7 Å². The number of ether oxygens (including phenoxy) is 1. The SMILES string of the molecule is Cc1nc(COc2cccc3c2NCCC3)cs1. The highest BCUT2D eigenvalue weighted by atomic mass is 32.1. The number of aryl methyl sites for hydroxylation is 2. The van der Waals surface area contributed by atoms with Gasteiger partial charge >= 0.3 is 0 Å². The van der Waals surface area contributed by atoms with Crippen molar-refractivity contribution < 1.29 is 4.74 Å². The van der Waals surface area contributed by atoms with Gasteiger partial charge in [0.2, 0.25) is 0 Å². The molecule has 0 fully saturated rings. The predicted octanol–water partition coefficient (Wildman–Crippen LogP) is 3.39. The third-order valence-electron chi connectivity index (χ3n) is 3.08. The van der Waals surface area contributed by atoms with Crippen LogP contribution in [0.2, 0.25) is 0 Å². The zero-order valence-corrected chi connectivity index (χ0v) is 11.2. The summed E-state index contributed by atoms with van der Waals surface area (Å²) in [6.07, 6.45) is 2.33. The van der Waals surface area contributed by atoms with Gasteiger partial charge in [-0.05, 0) is 31.4 Å². The fraction of sp³-hybridized carbons (Fsp3) is 0.357. The number of anilines is 1. The van der Waals surface area contributed by atoms with E-state index in [2.05, 4.69) is 27.8 Å². The molecule has 0 unspecified atom stereocenters. The van der Waals surface area contributed by atoms with Crippen LogP contribution in [0.4, 0.5) is 5.69 Å². The first kappa shape index (κ1) is 11.5. The summed E-state index contributed by atoms with van der Waals surface area (Å²) in [5.41, 5.74) is 3.52. The molecule has 2 heterocycles. The monoisotopic (exact) mass is 260 g/mol. The zero-order valence-electron chi connectivity index (χ0n) is 10.4. The van der Waals surface area contributed by atoms with Crippen molar-refractivity contribution in [2.45, 2.75) is 26.4 Å². The molecule has 3 nitrogen and oxygen atoms in total. The second kappa shape index (κ2) is 4.98. The van der Waals surface area contributed by atoms with E-state index in [-0.39, 0.29) is 0 Å². The Morgan fingerprint density at radius 3 is 3.22 bits per heavy atom. The molecule has 0 spiro atoms. The van der Waals surface area contributed by atoms with Gasteiger partial charge in [-0.25, -0.2) is 4.98 Å². The van der Waals surface area contributed by atoms with Gasteiger partial charge in [0.1, 0.15) is 12.4 Å². The highest BCUT2D eigenvalue weighted by molar-refractivity contribution is 7.09. The van der Waals surface area contributed by atoms with Crippen LogP contribution in [0.5, 0.6) is 5.75 Å². The molecule has 1 aromatic carbocycles. The van der Waals surface area contributed by atoms with Crippen LogP contribution < -0.4 is 10.1 Å². The van der Waals surface area contributed by atoms with Gasteiger partial charge in [0.15, 0.2) is 0 Å². The van der Waals surface area contributed by atoms with E-state index in [1.807, 2.05) is 13.0 Å². The van der Waals surface area contributed by atoms with Gasteiger partial charge in [-0.3, -0.25) is 0 Å². The van der Waals surface area contributed by atoms with Gasteiger partial charge in [0.25, 0.3) is 0 Å². The number of nitrogens with one attached hydrogen (secondary N) is 1. The summed E-state index contributed by atoms with van der Waals surface area (Å²) in [6, 6.07) is 6.26. The van der Waals surface area contributed by atoms with Crippen molar-refractivity contribution in [1.29, 1.82) is 0 Å². The summed E-state index contributed by atoms with van der Waals surface area (Å²) in [7, 11) is 0. The van der Waals surface area contributed by atoms with Gasteiger partial charge in [-0.1, -0.05) is 12.1 Å². The third kappa shape index (κ3) is 2.34. The summed E-state index contributed by atoms with van der Waals surface area (Å²) < 4.78 is 5.89. The number of nitrogens with zero attached hydrogens (tertiary/aromatic N) is 1. The van der Waals surface area contributed by atoms with Crippen LogP contribution >= 0.6 is 11.3 Å². The van der Waals surface area contributed by atoms with Gasteiger partial charge in [-0.15, -0.1) is 11.3 Å². The topological polar surface area (TPSA) is 34.1 Å². The van der Waals surface area contributed by atoms with Crippen LogP contribution in [0.15, 0.2) is 23.6 Å². The van der Waals surface area contributed by atoms with Crippen LogP contribution in [0.25, 0.3) is 0 Å². The maximum atomic E-state index is 5.89. The quantitative estimate of drug-likeness (QED) is 0.918. The molecule has 0 atom stereocenters. The molecule has 2 aromatic rings. The van der Waals surface area contributed by atoms with Crippen LogP contribution in [0.3, 0.4) is 0 Å². The van der Waals surface area contributed by atoms with Gasteiger partial charge in [-0.2, -0.15) is 0 Å². The highest BCUT2D eigenvalue weighted by Gasteiger charge is 2.13. The molecule has 1 aromatic heterocycles. The van der Waals surface area contributed by atoms with Crippen molar-refractivity contribution in [3.05, 3.63) is 39.8 Å². The summed E-state index contributed by atoms with van der Waals surface area (Å²) in [5.74, 6) is 0.942. The van der Waals surface area contributed by atoms with Gasteiger partial charge in [0, 0.05) is 11.9 Å². The predicted molar refractivity (Wildman–Crippen MR) is 74.4 cm³/mol. The van der Waals surface area contributed by atoms with Gasteiger partial charge < -0.3 is 10.1 Å². The molecular formula is C14H16N2OS. The Morgan fingerprint density at radius 1 is 1.44 bits per heavy atom. The van der Waals surface area contributed by atoms with Crippen LogP contribution in [-0.4, -0.2) is 11.5 Å². The molecule has 18 heavy (non-hydrogen) atoms. The molecule has 94 valence electrons. The molecule has 0 amide bonds. The normalized spacial score (nSPS) is 13.8. The lowest BCUT2D eigenvalue weighted by Crippen LogP contribution is -2.13. The van der Waals surface area contributed by atoms with Crippen molar-refractivity contribution in [1.82, 2.24) is 4.98 Å². The average Bonchev–Trinajstić information content (AvgIpc) is 2.82. The Labute approximate surface area is 111 Å². The fourth-order valence-electron chi connectivity index (χ4n) is 2.22. The Bertz CT molecular complexity index is 550. The molecule has 0 saturated heterocycles. The summed E-state index contributed by atoms with van der Waals surface area (Å²) in [6.45, 7) is 3.59. The Kier molecular flexibility index (Phi) is 3.19. The number of thiazole rings is 1. The molecule has 0 radical (unpaired) electrons. The highest BCUT2D eigenvalue weighted by Crippen LogP contribution is 2.32. The standard InChI is InChI=1S/C14H16N2OS/c1-10-16-12(9-18-10)8-17-13-6-2-4-11-5-3-7-15-14(11)13/h2,4,6,9,15H,3,5,7-8H2,1H3. The minimum Gasteiger partial charge on any atom is -0.485 e. The second-order valence-electron chi connectivity index (χ2n) is 4.47. The molecule has 4 heteroatoms. The molecule has 3 rings (SSSR count). The molecule has 1 aliphatic rings. The van der Waals surface area contributed by atoms with E-state index in [9.17, 15) is 0 Å². The average molecular weight is 260 g/mol. The number of aromatic nitrogens is 1. The fourth-order valence-corrected chi connectivity index (χ4v) is 2.82. The second-order valence-corrected chi connectivity index (χ2v) is 5.53. The number of fused-ring (bicyclic) bond motifs is 1. The lowest BCUT2D eigenvalue weighted by molar-refractivity contribution is 0.303. The number of hydrogen-bond donors (Lipinski definition) is 1.